The summed E-state index contributed by atoms with van der Waals surface area (Å²) in [7, 11) is 0. The molecular formula is C34H32F8N6O2S. The summed E-state index contributed by atoms with van der Waals surface area (Å²) in [6.07, 6.45) is -10.4. The minimum Gasteiger partial charge on any atom is -0.461 e. The van der Waals surface area contributed by atoms with Crippen molar-refractivity contribution in [2.24, 2.45) is 5.92 Å². The SMILES string of the molecule is C[C@@H](O)C1CCN(c2nc(OC[C@@]34CCCN3C[C@H](F)C4)nc3c(C(F)(F)F)c(-c4ccc(F)c5sc(N)c(C#N)c45)c(C(F)(F)F)cc23)CC1. The Morgan fingerprint density at radius 2 is 1.86 bits per heavy atom. The number of alkyl halides is 7. The minimum atomic E-state index is -5.47. The molecule has 3 atom stereocenters. The summed E-state index contributed by atoms with van der Waals surface area (Å²) in [4.78, 5) is 12.0. The summed E-state index contributed by atoms with van der Waals surface area (Å²) in [6, 6.07) is 3.23. The molecule has 2 aromatic heterocycles. The topological polar surface area (TPSA) is 112 Å². The first kappa shape index (κ1) is 35.4. The van der Waals surface area contributed by atoms with Crippen molar-refractivity contribution in [3.63, 3.8) is 0 Å². The van der Waals surface area contributed by atoms with Crippen LogP contribution >= 0.6 is 11.3 Å². The lowest BCUT2D eigenvalue weighted by atomic mass is 9.88. The normalized spacial score (nSPS) is 22.5. The van der Waals surface area contributed by atoms with E-state index >= 15 is 26.3 Å². The summed E-state index contributed by atoms with van der Waals surface area (Å²) in [5.74, 6) is -1.35. The summed E-state index contributed by atoms with van der Waals surface area (Å²) < 4.78 is 127. The van der Waals surface area contributed by atoms with Crippen LogP contribution in [0.3, 0.4) is 0 Å². The van der Waals surface area contributed by atoms with Gasteiger partial charge in [0, 0.05) is 42.4 Å². The van der Waals surface area contributed by atoms with E-state index in [4.69, 9.17) is 10.5 Å². The van der Waals surface area contributed by atoms with Crippen LogP contribution in [-0.2, 0) is 12.4 Å². The zero-order valence-electron chi connectivity index (χ0n) is 27.1. The van der Waals surface area contributed by atoms with Crippen LogP contribution in [0.25, 0.3) is 32.1 Å². The van der Waals surface area contributed by atoms with Gasteiger partial charge < -0.3 is 20.5 Å². The molecule has 2 aromatic carbocycles. The summed E-state index contributed by atoms with van der Waals surface area (Å²) in [6.45, 7) is 2.56. The molecule has 0 spiro atoms. The number of fused-ring (bicyclic) bond motifs is 3. The van der Waals surface area contributed by atoms with Crippen LogP contribution in [0.5, 0.6) is 6.01 Å². The van der Waals surface area contributed by atoms with E-state index in [0.29, 0.717) is 43.2 Å². The number of hydrogen-bond donors (Lipinski definition) is 2. The van der Waals surface area contributed by atoms with Gasteiger partial charge in [0.25, 0.3) is 0 Å². The Morgan fingerprint density at radius 3 is 2.51 bits per heavy atom. The number of aliphatic hydroxyl groups excluding tert-OH is 1. The smallest absolute Gasteiger partial charge is 0.419 e. The quantitative estimate of drug-likeness (QED) is 0.194. The van der Waals surface area contributed by atoms with Gasteiger partial charge in [0.2, 0.25) is 0 Å². The van der Waals surface area contributed by atoms with Crippen molar-refractivity contribution >= 4 is 43.1 Å². The van der Waals surface area contributed by atoms with Gasteiger partial charge in [-0.2, -0.15) is 41.6 Å². The zero-order chi connectivity index (χ0) is 36.6. The summed E-state index contributed by atoms with van der Waals surface area (Å²) in [5.41, 5.74) is -1.69. The van der Waals surface area contributed by atoms with Crippen molar-refractivity contribution < 1.29 is 45.0 Å². The highest BCUT2D eigenvalue weighted by molar-refractivity contribution is 7.23. The van der Waals surface area contributed by atoms with Gasteiger partial charge in [-0.05, 0) is 62.8 Å². The molecule has 272 valence electrons. The number of piperidine rings is 1. The van der Waals surface area contributed by atoms with E-state index in [1.54, 1.807) is 17.9 Å². The highest BCUT2D eigenvalue weighted by Gasteiger charge is 2.50. The van der Waals surface area contributed by atoms with Crippen molar-refractivity contribution in [3.8, 4) is 23.2 Å². The number of hydrogen-bond acceptors (Lipinski definition) is 9. The molecule has 0 bridgehead atoms. The molecule has 0 amide bonds. The van der Waals surface area contributed by atoms with Gasteiger partial charge in [0.1, 0.15) is 35.5 Å². The molecular weight excluding hydrogens is 708 g/mol. The number of anilines is 2. The third-order valence-electron chi connectivity index (χ3n) is 10.5. The molecule has 0 aliphatic carbocycles. The number of nitriles is 1. The maximum absolute atomic E-state index is 15.5. The third kappa shape index (κ3) is 6.08. The second-order valence-electron chi connectivity index (χ2n) is 13.6. The van der Waals surface area contributed by atoms with E-state index in [-0.39, 0.29) is 54.1 Å². The van der Waals surface area contributed by atoms with Crippen LogP contribution in [0.1, 0.15) is 55.7 Å². The second-order valence-corrected chi connectivity index (χ2v) is 14.6. The Labute approximate surface area is 290 Å². The van der Waals surface area contributed by atoms with Gasteiger partial charge in [-0.3, -0.25) is 4.90 Å². The maximum Gasteiger partial charge on any atom is 0.419 e. The number of ether oxygens (including phenoxy) is 1. The Hall–Kier alpha value is -4.01. The van der Waals surface area contributed by atoms with Crippen molar-refractivity contribution in [1.82, 2.24) is 14.9 Å². The van der Waals surface area contributed by atoms with Gasteiger partial charge in [-0.25, -0.2) is 8.78 Å². The number of benzene rings is 2. The second kappa shape index (κ2) is 12.6. The first-order valence-electron chi connectivity index (χ1n) is 16.4. The number of thiophene rings is 1. The largest absolute Gasteiger partial charge is 0.461 e. The first-order chi connectivity index (χ1) is 24.0. The van der Waals surface area contributed by atoms with E-state index in [9.17, 15) is 19.1 Å². The van der Waals surface area contributed by atoms with Gasteiger partial charge in [0.15, 0.2) is 0 Å². The molecule has 3 N–H and O–H groups in total. The van der Waals surface area contributed by atoms with Crippen molar-refractivity contribution in [2.75, 3.05) is 43.4 Å². The van der Waals surface area contributed by atoms with Gasteiger partial charge in [-0.15, -0.1) is 11.3 Å². The van der Waals surface area contributed by atoms with Gasteiger partial charge >= 0.3 is 18.4 Å². The van der Waals surface area contributed by atoms with E-state index in [0.717, 1.165) is 18.6 Å². The van der Waals surface area contributed by atoms with Gasteiger partial charge in [0.05, 0.1) is 38.5 Å². The Kier molecular flexibility index (Phi) is 8.74. The number of aromatic nitrogens is 2. The highest BCUT2D eigenvalue weighted by Crippen LogP contribution is 2.52. The lowest BCUT2D eigenvalue weighted by Crippen LogP contribution is -2.43. The average molecular weight is 741 g/mol. The van der Waals surface area contributed by atoms with Crippen LogP contribution in [0.4, 0.5) is 45.9 Å². The molecule has 4 aromatic rings. The minimum absolute atomic E-state index is 0.138. The number of aliphatic hydroxyl groups is 1. The lowest BCUT2D eigenvalue weighted by Gasteiger charge is -2.35. The molecule has 17 heteroatoms. The number of nitrogen functional groups attached to an aromatic ring is 1. The van der Waals surface area contributed by atoms with Crippen molar-refractivity contribution in [3.05, 3.63) is 40.7 Å². The highest BCUT2D eigenvalue weighted by atomic mass is 32.1. The van der Waals surface area contributed by atoms with E-state index in [1.807, 2.05) is 4.90 Å². The number of nitrogens with two attached hydrogens (primary N) is 1. The molecule has 3 aliphatic heterocycles. The van der Waals surface area contributed by atoms with Crippen LogP contribution in [0, 0.1) is 23.1 Å². The Bertz CT molecular complexity index is 2050. The first-order valence-corrected chi connectivity index (χ1v) is 17.2. The van der Waals surface area contributed by atoms with E-state index in [1.165, 1.54) is 0 Å². The van der Waals surface area contributed by atoms with Crippen LogP contribution in [-0.4, -0.2) is 70.6 Å². The molecule has 0 radical (unpaired) electrons. The lowest BCUT2D eigenvalue weighted by molar-refractivity contribution is -0.141. The van der Waals surface area contributed by atoms with E-state index in [2.05, 4.69) is 9.97 Å². The zero-order valence-corrected chi connectivity index (χ0v) is 28.0. The molecule has 0 unspecified atom stereocenters. The monoisotopic (exact) mass is 740 g/mol. The third-order valence-corrected chi connectivity index (χ3v) is 11.5. The predicted octanol–water partition coefficient (Wildman–Crippen LogP) is 7.69. The molecule has 5 heterocycles. The molecule has 3 fully saturated rings. The van der Waals surface area contributed by atoms with Crippen LogP contribution in [0.2, 0.25) is 0 Å². The standard InChI is InChI=1S/C34H32F8N6O2S/c1-16(49)17-5-9-47(10-6-17)30-20-11-22(33(37,38)39)25(19-3-4-23(36)28-24(19)21(13-43)29(44)51-28)26(34(40,41)42)27(20)45-31(46-30)50-15-32-7-2-8-48(32)14-18(35)12-32/h3-4,11,16-18,49H,2,5-10,12,14-15,44H2,1H3/t16-,18-,32+/m1/s1. The van der Waals surface area contributed by atoms with Crippen molar-refractivity contribution in [1.29, 1.82) is 5.26 Å². The molecule has 7 rings (SSSR count). The molecule has 3 aliphatic rings. The Morgan fingerprint density at radius 1 is 1.14 bits per heavy atom. The fraction of sp³-hybridized carbons (Fsp3) is 0.500. The van der Waals surface area contributed by atoms with Crippen LogP contribution < -0.4 is 15.4 Å². The maximum atomic E-state index is 15.5. The molecule has 0 saturated carbocycles. The fourth-order valence-electron chi connectivity index (χ4n) is 8.07. The number of rotatable bonds is 6. The fourth-order valence-corrected chi connectivity index (χ4v) is 9.01. The average Bonchev–Trinajstić information content (AvgIpc) is 3.71. The molecule has 51 heavy (non-hydrogen) atoms. The summed E-state index contributed by atoms with van der Waals surface area (Å²) >= 11 is 0.538. The summed E-state index contributed by atoms with van der Waals surface area (Å²) in [5, 5.41) is 18.7. The van der Waals surface area contributed by atoms with Crippen LogP contribution in [0.15, 0.2) is 18.2 Å². The Balaban J connectivity index is 1.51. The van der Waals surface area contributed by atoms with Crippen molar-refractivity contribution in [2.45, 2.75) is 69.2 Å². The molecule has 8 nitrogen and oxygen atoms in total. The number of halogens is 8. The predicted molar refractivity (Wildman–Crippen MR) is 175 cm³/mol. The van der Waals surface area contributed by atoms with Gasteiger partial charge in [-0.1, -0.05) is 6.07 Å². The molecule has 3 saturated heterocycles. The number of nitrogens with zero attached hydrogens (tertiary/aromatic N) is 5. The van der Waals surface area contributed by atoms with E-state index < -0.39 is 86.1 Å².